The van der Waals surface area contributed by atoms with Crippen molar-refractivity contribution in [2.75, 3.05) is 0 Å². The standard InChI is InChI=1S/2C8H11.Cr/c2*1-7(2)8-5-3-4-6-8;/h2*3,5,7H,4H2,1-2H3;/q2*-1;+2. The summed E-state index contributed by atoms with van der Waals surface area (Å²) in [6.07, 6.45) is 17.2. The third-order valence-electron chi connectivity index (χ3n) is 2.69. The van der Waals surface area contributed by atoms with Crippen LogP contribution in [0.2, 0.25) is 0 Å². The number of hydrogen-bond donors (Lipinski definition) is 0. The molecule has 17 heavy (non-hydrogen) atoms. The normalized spacial score (nSPS) is 16.6. The van der Waals surface area contributed by atoms with Gasteiger partial charge in [-0.15, -0.1) is 12.8 Å². The molecule has 0 spiro atoms. The van der Waals surface area contributed by atoms with Crippen molar-refractivity contribution in [3.05, 3.63) is 47.6 Å². The first-order valence-electron chi connectivity index (χ1n) is 6.15. The van der Waals surface area contributed by atoms with E-state index in [1.165, 1.54) is 11.1 Å². The van der Waals surface area contributed by atoms with Crippen LogP contribution in [0.25, 0.3) is 0 Å². The van der Waals surface area contributed by atoms with Gasteiger partial charge in [-0.05, 0) is 0 Å². The van der Waals surface area contributed by atoms with E-state index in [4.69, 9.17) is 0 Å². The molecule has 0 unspecified atom stereocenters. The van der Waals surface area contributed by atoms with Crippen molar-refractivity contribution in [2.45, 2.75) is 40.5 Å². The second-order valence-electron chi connectivity index (χ2n) is 4.79. The molecule has 0 N–H and O–H groups in total. The Balaban J connectivity index is 0.000000284. The summed E-state index contributed by atoms with van der Waals surface area (Å²) in [5.41, 5.74) is 2.73. The molecule has 0 fully saturated rings. The fourth-order valence-corrected chi connectivity index (χ4v) is 1.64. The molecule has 2 rings (SSSR count). The zero-order valence-corrected chi connectivity index (χ0v) is 12.6. The first-order chi connectivity index (χ1) is 7.61. The summed E-state index contributed by atoms with van der Waals surface area (Å²) in [5.74, 6) is 1.32. The van der Waals surface area contributed by atoms with Crippen LogP contribution in [-0.2, 0) is 17.4 Å². The average molecular weight is 266 g/mol. The fraction of sp³-hybridized carbons (Fsp3) is 0.500. The van der Waals surface area contributed by atoms with Crippen LogP contribution in [0.1, 0.15) is 40.5 Å². The van der Waals surface area contributed by atoms with Crippen molar-refractivity contribution in [3.63, 3.8) is 0 Å². The number of allylic oxidation sites excluding steroid dienone is 8. The van der Waals surface area contributed by atoms with Crippen LogP contribution in [0.4, 0.5) is 0 Å². The van der Waals surface area contributed by atoms with Crippen LogP contribution in [0.5, 0.6) is 0 Å². The molecule has 0 heterocycles. The molecule has 92 valence electrons. The predicted molar refractivity (Wildman–Crippen MR) is 70.7 cm³/mol. The minimum Gasteiger partial charge on any atom is -0.269 e. The molecule has 0 nitrogen and oxygen atoms in total. The third kappa shape index (κ3) is 6.11. The number of hydrogen-bond acceptors (Lipinski definition) is 0. The Morgan fingerprint density at radius 1 is 0.824 bits per heavy atom. The van der Waals surface area contributed by atoms with Crippen molar-refractivity contribution >= 4 is 0 Å². The molecular formula is C16H22Cr. The van der Waals surface area contributed by atoms with Crippen LogP contribution in [0.3, 0.4) is 0 Å². The summed E-state index contributed by atoms with van der Waals surface area (Å²) >= 11 is 0. The average Bonchev–Trinajstić information content (AvgIpc) is 2.93. The van der Waals surface area contributed by atoms with E-state index in [1.807, 2.05) is 0 Å². The summed E-state index contributed by atoms with van der Waals surface area (Å²) in [7, 11) is 0. The Bertz CT molecular complexity index is 293. The van der Waals surface area contributed by atoms with Crippen LogP contribution < -0.4 is 0 Å². The largest absolute Gasteiger partial charge is 2.00 e. The molecular weight excluding hydrogens is 244 g/mol. The van der Waals surface area contributed by atoms with E-state index >= 15 is 0 Å². The molecule has 0 aromatic heterocycles. The molecule has 2 aliphatic carbocycles. The molecule has 0 saturated heterocycles. The Kier molecular flexibility index (Phi) is 8.31. The zero-order valence-electron chi connectivity index (χ0n) is 11.3. The summed E-state index contributed by atoms with van der Waals surface area (Å²) in [6, 6.07) is 0. The maximum atomic E-state index is 3.26. The maximum absolute atomic E-state index is 3.26. The molecule has 0 aromatic rings. The molecule has 0 atom stereocenters. The molecule has 0 bridgehead atoms. The van der Waals surface area contributed by atoms with Crippen LogP contribution in [0.15, 0.2) is 35.5 Å². The molecule has 1 heteroatoms. The van der Waals surface area contributed by atoms with Crippen molar-refractivity contribution in [1.82, 2.24) is 0 Å². The van der Waals surface area contributed by atoms with Gasteiger partial charge in [-0.25, -0.2) is 23.3 Å². The second kappa shape index (κ2) is 8.56. The summed E-state index contributed by atoms with van der Waals surface area (Å²) in [5, 5.41) is 0. The van der Waals surface area contributed by atoms with E-state index < -0.39 is 0 Å². The van der Waals surface area contributed by atoms with Crippen LogP contribution in [-0.4, -0.2) is 0 Å². The summed E-state index contributed by atoms with van der Waals surface area (Å²) in [6.45, 7) is 8.77. The first-order valence-corrected chi connectivity index (χ1v) is 6.15. The second-order valence-corrected chi connectivity index (χ2v) is 4.79. The van der Waals surface area contributed by atoms with Gasteiger partial charge < -0.3 is 0 Å². The summed E-state index contributed by atoms with van der Waals surface area (Å²) in [4.78, 5) is 0. The molecule has 0 amide bonds. The van der Waals surface area contributed by atoms with Crippen molar-refractivity contribution < 1.29 is 17.4 Å². The Hall–Kier alpha value is -0.508. The molecule has 0 aliphatic heterocycles. The van der Waals surface area contributed by atoms with Gasteiger partial charge in [0.05, 0.1) is 0 Å². The van der Waals surface area contributed by atoms with E-state index in [2.05, 4.69) is 64.2 Å². The van der Waals surface area contributed by atoms with Gasteiger partial charge >= 0.3 is 17.4 Å². The predicted octanol–water partition coefficient (Wildman–Crippen LogP) is 4.66. The smallest absolute Gasteiger partial charge is 0.269 e. The van der Waals surface area contributed by atoms with Gasteiger partial charge in [0.1, 0.15) is 0 Å². The Morgan fingerprint density at radius 2 is 1.18 bits per heavy atom. The van der Waals surface area contributed by atoms with Crippen molar-refractivity contribution in [3.8, 4) is 0 Å². The van der Waals surface area contributed by atoms with Crippen molar-refractivity contribution in [2.24, 2.45) is 11.8 Å². The molecule has 0 radical (unpaired) electrons. The monoisotopic (exact) mass is 266 g/mol. The minimum atomic E-state index is 0. The van der Waals surface area contributed by atoms with E-state index in [9.17, 15) is 0 Å². The van der Waals surface area contributed by atoms with Gasteiger partial charge in [-0.1, -0.05) is 39.5 Å². The Morgan fingerprint density at radius 3 is 1.29 bits per heavy atom. The molecule has 2 aliphatic rings. The minimum absolute atomic E-state index is 0. The van der Waals surface area contributed by atoms with Gasteiger partial charge in [-0.3, -0.25) is 12.2 Å². The van der Waals surface area contributed by atoms with Crippen molar-refractivity contribution in [1.29, 1.82) is 0 Å². The third-order valence-corrected chi connectivity index (χ3v) is 2.69. The maximum Gasteiger partial charge on any atom is 2.00 e. The van der Waals surface area contributed by atoms with E-state index in [0.29, 0.717) is 11.8 Å². The molecule has 0 aromatic carbocycles. The van der Waals surface area contributed by atoms with Gasteiger partial charge in [0.2, 0.25) is 0 Å². The Labute approximate surface area is 117 Å². The number of rotatable bonds is 2. The van der Waals surface area contributed by atoms with E-state index in [0.717, 1.165) is 12.8 Å². The van der Waals surface area contributed by atoms with Gasteiger partial charge in [0, 0.05) is 0 Å². The first kappa shape index (κ1) is 16.5. The zero-order chi connectivity index (χ0) is 12.0. The fourth-order valence-electron chi connectivity index (χ4n) is 1.64. The van der Waals surface area contributed by atoms with Crippen LogP contribution >= 0.6 is 0 Å². The van der Waals surface area contributed by atoms with E-state index in [1.54, 1.807) is 0 Å². The van der Waals surface area contributed by atoms with Gasteiger partial charge in [0.25, 0.3) is 0 Å². The topological polar surface area (TPSA) is 0 Å². The SMILES string of the molecule is CC(C)C1=[C-]CC=C1.CC(C)C1=[C-]CC=C1.[Cr+2]. The van der Waals surface area contributed by atoms with Gasteiger partial charge in [-0.2, -0.15) is 12.2 Å². The van der Waals surface area contributed by atoms with Gasteiger partial charge in [0.15, 0.2) is 0 Å². The van der Waals surface area contributed by atoms with E-state index in [-0.39, 0.29) is 17.4 Å². The van der Waals surface area contributed by atoms with Crippen LogP contribution in [0, 0.1) is 24.0 Å². The quantitative estimate of drug-likeness (QED) is 0.638. The summed E-state index contributed by atoms with van der Waals surface area (Å²) < 4.78 is 0. The molecule has 0 saturated carbocycles.